The predicted octanol–water partition coefficient (Wildman–Crippen LogP) is 2.78. The van der Waals surface area contributed by atoms with Gasteiger partial charge in [0.2, 0.25) is 5.13 Å². The van der Waals surface area contributed by atoms with Gasteiger partial charge in [-0.05, 0) is 37.6 Å². The Morgan fingerprint density at radius 2 is 2.10 bits per heavy atom. The summed E-state index contributed by atoms with van der Waals surface area (Å²) in [5.41, 5.74) is 0. The molecule has 106 valence electrons. The molecule has 1 aromatic carbocycles. The number of carbonyl (C=O) groups excluding carboxylic acids is 1. The maximum atomic E-state index is 12.8. The van der Waals surface area contributed by atoms with Gasteiger partial charge in [0.25, 0.3) is 5.91 Å². The molecule has 1 aromatic heterocycles. The van der Waals surface area contributed by atoms with Crippen LogP contribution in [0.1, 0.15) is 18.4 Å². The molecule has 1 amide bonds. The Bertz CT molecular complexity index is 586. The van der Waals surface area contributed by atoms with E-state index in [1.165, 1.54) is 35.6 Å². The predicted molar refractivity (Wildman–Crippen MR) is 74.4 cm³/mol. The van der Waals surface area contributed by atoms with Gasteiger partial charge in [-0.25, -0.2) is 4.39 Å². The number of aromatic nitrogens is 2. The molecule has 1 atom stereocenters. The molecular weight excluding hydrogens is 281 g/mol. The highest BCUT2D eigenvalue weighted by Crippen LogP contribution is 2.17. The Hall–Kier alpha value is -2.02. The number of carbonyl (C=O) groups is 1. The lowest BCUT2D eigenvalue weighted by Gasteiger charge is -2.16. The van der Waals surface area contributed by atoms with Crippen molar-refractivity contribution >= 4 is 22.4 Å². The summed E-state index contributed by atoms with van der Waals surface area (Å²) in [6.45, 7) is 3.64. The summed E-state index contributed by atoms with van der Waals surface area (Å²) < 4.78 is 18.3. The number of nitrogens with zero attached hydrogens (tertiary/aromatic N) is 2. The molecule has 0 spiro atoms. The maximum absolute atomic E-state index is 12.8. The van der Waals surface area contributed by atoms with Gasteiger partial charge in [0.1, 0.15) is 16.6 Å². The van der Waals surface area contributed by atoms with E-state index in [9.17, 15) is 9.18 Å². The van der Waals surface area contributed by atoms with Crippen LogP contribution >= 0.6 is 11.3 Å². The number of nitrogens with one attached hydrogen (secondary N) is 1. The van der Waals surface area contributed by atoms with Crippen LogP contribution in [0.3, 0.4) is 0 Å². The van der Waals surface area contributed by atoms with Gasteiger partial charge in [-0.15, -0.1) is 10.2 Å². The zero-order valence-electron chi connectivity index (χ0n) is 11.1. The highest BCUT2D eigenvalue weighted by atomic mass is 32.1. The Labute approximate surface area is 119 Å². The summed E-state index contributed by atoms with van der Waals surface area (Å²) in [6.07, 6.45) is -0.175. The number of benzene rings is 1. The van der Waals surface area contributed by atoms with E-state index in [1.54, 1.807) is 6.92 Å². The number of hydrogen-bond donors (Lipinski definition) is 1. The van der Waals surface area contributed by atoms with Gasteiger partial charge < -0.3 is 4.74 Å². The van der Waals surface area contributed by atoms with Gasteiger partial charge in [0, 0.05) is 0 Å². The first-order valence-corrected chi connectivity index (χ1v) is 6.93. The van der Waals surface area contributed by atoms with E-state index in [-0.39, 0.29) is 11.7 Å². The summed E-state index contributed by atoms with van der Waals surface area (Å²) in [6, 6.07) is 5.54. The lowest BCUT2D eigenvalue weighted by atomic mass is 10.2. The molecule has 0 aliphatic rings. The van der Waals surface area contributed by atoms with Crippen LogP contribution in [0.5, 0.6) is 5.75 Å². The van der Waals surface area contributed by atoms with Crippen molar-refractivity contribution in [2.45, 2.75) is 26.4 Å². The van der Waals surface area contributed by atoms with Crippen molar-refractivity contribution in [3.63, 3.8) is 0 Å². The lowest BCUT2D eigenvalue weighted by molar-refractivity contribution is -0.122. The molecule has 0 radical (unpaired) electrons. The Kier molecular flexibility index (Phi) is 4.62. The molecule has 20 heavy (non-hydrogen) atoms. The van der Waals surface area contributed by atoms with Crippen LogP contribution in [0.25, 0.3) is 0 Å². The fraction of sp³-hybridized carbons (Fsp3) is 0.308. The van der Waals surface area contributed by atoms with Crippen LogP contribution < -0.4 is 10.1 Å². The standard InChI is InChI=1S/C13H14FN3O2S/c1-3-11(19-10-6-4-9(14)5-7-10)12(18)15-13-17-16-8(2)20-13/h4-7,11H,3H2,1-2H3,(H,15,17,18)/t11-/m1/s1. The quantitative estimate of drug-likeness (QED) is 0.921. The fourth-order valence-electron chi connectivity index (χ4n) is 1.53. The Morgan fingerprint density at radius 3 is 2.65 bits per heavy atom. The van der Waals surface area contributed by atoms with Crippen molar-refractivity contribution in [2.24, 2.45) is 0 Å². The van der Waals surface area contributed by atoms with Gasteiger partial charge in [0.15, 0.2) is 6.10 Å². The summed E-state index contributed by atoms with van der Waals surface area (Å²) in [5, 5.41) is 11.5. The largest absolute Gasteiger partial charge is 0.481 e. The van der Waals surface area contributed by atoms with Crippen molar-refractivity contribution in [2.75, 3.05) is 5.32 Å². The van der Waals surface area contributed by atoms with Crippen molar-refractivity contribution in [1.82, 2.24) is 10.2 Å². The average molecular weight is 295 g/mol. The number of ether oxygens (including phenoxy) is 1. The van der Waals surface area contributed by atoms with Crippen molar-refractivity contribution in [1.29, 1.82) is 0 Å². The molecule has 0 saturated heterocycles. The van der Waals surface area contributed by atoms with E-state index >= 15 is 0 Å². The highest BCUT2D eigenvalue weighted by Gasteiger charge is 2.19. The normalized spacial score (nSPS) is 11.9. The topological polar surface area (TPSA) is 64.1 Å². The second-order valence-corrected chi connectivity index (χ2v) is 5.27. The average Bonchev–Trinajstić information content (AvgIpc) is 2.83. The number of amides is 1. The van der Waals surface area contributed by atoms with Crippen LogP contribution in [0, 0.1) is 12.7 Å². The van der Waals surface area contributed by atoms with Gasteiger partial charge in [-0.1, -0.05) is 18.3 Å². The molecule has 0 fully saturated rings. The SMILES string of the molecule is CC[C@@H](Oc1ccc(F)cc1)C(=O)Nc1nnc(C)s1. The first kappa shape index (κ1) is 14.4. The van der Waals surface area contributed by atoms with Gasteiger partial charge in [-0.2, -0.15) is 0 Å². The second kappa shape index (κ2) is 6.42. The van der Waals surface area contributed by atoms with E-state index in [1.807, 2.05) is 6.92 Å². The third kappa shape index (κ3) is 3.74. The number of aryl methyl sites for hydroxylation is 1. The molecule has 0 bridgehead atoms. The van der Waals surface area contributed by atoms with E-state index in [2.05, 4.69) is 15.5 Å². The third-order valence-corrected chi connectivity index (χ3v) is 3.27. The number of halogens is 1. The van der Waals surface area contributed by atoms with Gasteiger partial charge in [0.05, 0.1) is 0 Å². The zero-order valence-corrected chi connectivity index (χ0v) is 11.9. The van der Waals surface area contributed by atoms with Crippen LogP contribution in [0.15, 0.2) is 24.3 Å². The monoisotopic (exact) mass is 295 g/mol. The first-order valence-electron chi connectivity index (χ1n) is 6.11. The Morgan fingerprint density at radius 1 is 1.40 bits per heavy atom. The molecule has 0 aliphatic heterocycles. The summed E-state index contributed by atoms with van der Waals surface area (Å²) >= 11 is 1.29. The number of anilines is 1. The summed E-state index contributed by atoms with van der Waals surface area (Å²) in [5.74, 6) is -0.200. The minimum Gasteiger partial charge on any atom is -0.481 e. The molecule has 1 N–H and O–H groups in total. The lowest BCUT2D eigenvalue weighted by Crippen LogP contribution is -2.32. The molecule has 0 aliphatic carbocycles. The minimum atomic E-state index is -0.662. The van der Waals surface area contributed by atoms with Crippen LogP contribution in [0.2, 0.25) is 0 Å². The van der Waals surface area contributed by atoms with Crippen molar-refractivity contribution < 1.29 is 13.9 Å². The number of hydrogen-bond acceptors (Lipinski definition) is 5. The third-order valence-electron chi connectivity index (χ3n) is 2.51. The van der Waals surface area contributed by atoms with Gasteiger partial charge >= 0.3 is 0 Å². The zero-order chi connectivity index (χ0) is 14.5. The Balaban J connectivity index is 2.00. The van der Waals surface area contributed by atoms with Gasteiger partial charge in [-0.3, -0.25) is 10.1 Å². The fourth-order valence-corrected chi connectivity index (χ4v) is 2.13. The number of rotatable bonds is 5. The molecular formula is C13H14FN3O2S. The highest BCUT2D eigenvalue weighted by molar-refractivity contribution is 7.15. The van der Waals surface area contributed by atoms with E-state index in [0.29, 0.717) is 17.3 Å². The van der Waals surface area contributed by atoms with E-state index in [4.69, 9.17) is 4.74 Å². The molecule has 2 rings (SSSR count). The first-order chi connectivity index (χ1) is 9.58. The molecule has 7 heteroatoms. The second-order valence-electron chi connectivity index (χ2n) is 4.08. The van der Waals surface area contributed by atoms with Crippen molar-refractivity contribution in [3.05, 3.63) is 35.1 Å². The molecule has 5 nitrogen and oxygen atoms in total. The minimum absolute atomic E-state index is 0.298. The van der Waals surface area contributed by atoms with Crippen molar-refractivity contribution in [3.8, 4) is 5.75 Å². The maximum Gasteiger partial charge on any atom is 0.267 e. The molecule has 0 saturated carbocycles. The summed E-state index contributed by atoms with van der Waals surface area (Å²) in [7, 11) is 0. The van der Waals surface area contributed by atoms with Crippen LogP contribution in [-0.4, -0.2) is 22.2 Å². The molecule has 0 unspecified atom stereocenters. The molecule has 2 aromatic rings. The molecule has 1 heterocycles. The smallest absolute Gasteiger partial charge is 0.267 e. The van der Waals surface area contributed by atoms with Crippen LogP contribution in [0.4, 0.5) is 9.52 Å². The summed E-state index contributed by atoms with van der Waals surface area (Å²) in [4.78, 5) is 12.1. The van der Waals surface area contributed by atoms with Crippen LogP contribution in [-0.2, 0) is 4.79 Å². The van der Waals surface area contributed by atoms with E-state index < -0.39 is 6.10 Å². The van der Waals surface area contributed by atoms with E-state index in [0.717, 1.165) is 5.01 Å².